The van der Waals surface area contributed by atoms with Crippen molar-refractivity contribution in [3.8, 4) is 0 Å². The van der Waals surface area contributed by atoms with Gasteiger partial charge in [0.15, 0.2) is 8.32 Å². The van der Waals surface area contributed by atoms with E-state index in [9.17, 15) is 0 Å². The van der Waals surface area contributed by atoms with E-state index >= 15 is 0 Å². The lowest BCUT2D eigenvalue weighted by Crippen LogP contribution is -2.36. The van der Waals surface area contributed by atoms with Crippen LogP contribution in [-0.4, -0.2) is 89.0 Å². The molecule has 0 N–H and O–H groups in total. The van der Waals surface area contributed by atoms with Gasteiger partial charge in [-0.3, -0.25) is 0 Å². The maximum absolute atomic E-state index is 5.86. The van der Waals surface area contributed by atoms with E-state index in [1.165, 1.54) is 90.3 Å². The first-order valence-corrected chi connectivity index (χ1v) is 14.0. The van der Waals surface area contributed by atoms with Gasteiger partial charge >= 0.3 is 0 Å². The fourth-order valence-corrected chi connectivity index (χ4v) is 5.30. The van der Waals surface area contributed by atoms with E-state index in [2.05, 4.69) is 55.9 Å². The third-order valence-corrected chi connectivity index (χ3v) is 10.00. The van der Waals surface area contributed by atoms with Crippen molar-refractivity contribution in [1.29, 1.82) is 0 Å². The highest BCUT2D eigenvalue weighted by molar-refractivity contribution is 6.72. The Hall–Kier alpha value is 0.0569. The number of hydrogen-bond acceptors (Lipinski definition) is 4. The van der Waals surface area contributed by atoms with Gasteiger partial charge in [-0.1, -0.05) is 34.6 Å². The molecule has 0 spiro atoms. The zero-order chi connectivity index (χ0) is 19.8. The summed E-state index contributed by atoms with van der Waals surface area (Å²) in [6.45, 7) is 24.6. The molecule has 1 atom stereocenters. The van der Waals surface area contributed by atoms with Crippen LogP contribution in [0, 0.1) is 0 Å². The molecule has 0 aliphatic heterocycles. The first-order chi connectivity index (χ1) is 12.5. The summed E-state index contributed by atoms with van der Waals surface area (Å²) in [5.41, 5.74) is 0. The molecule has 4 nitrogen and oxygen atoms in total. The summed E-state index contributed by atoms with van der Waals surface area (Å²) in [5, 5.41) is 0. The van der Waals surface area contributed by atoms with Crippen LogP contribution >= 0.6 is 0 Å². The topological polar surface area (TPSA) is 19.0 Å². The monoisotopic (exact) mass is 387 g/mol. The Labute approximate surface area is 166 Å². The summed E-state index contributed by atoms with van der Waals surface area (Å²) in [4.78, 5) is 7.80. The summed E-state index contributed by atoms with van der Waals surface area (Å²) in [7, 11) is 0.490. The standard InChI is InChI=1S/C21H49N3OSi/c1-8-22(9-2)16-13-18-24(19-14-17-23(10-3)11-4)20-15-21-26(7,12-5)25-6/h8-21H2,1-7H3. The van der Waals surface area contributed by atoms with Crippen molar-refractivity contribution in [3.63, 3.8) is 0 Å². The van der Waals surface area contributed by atoms with Crippen molar-refractivity contribution in [2.24, 2.45) is 0 Å². The van der Waals surface area contributed by atoms with E-state index in [1.807, 2.05) is 7.11 Å². The molecule has 0 saturated carbocycles. The van der Waals surface area contributed by atoms with Gasteiger partial charge in [-0.15, -0.1) is 0 Å². The SMILES string of the molecule is CCN(CC)CCCN(CCCN(CC)CC)CCC[Si](C)(CC)OC. The van der Waals surface area contributed by atoms with Crippen LogP contribution in [0.25, 0.3) is 0 Å². The van der Waals surface area contributed by atoms with Crippen LogP contribution in [0.2, 0.25) is 18.6 Å². The molecule has 1 unspecified atom stereocenters. The number of nitrogens with zero attached hydrogens (tertiary/aromatic N) is 3. The van der Waals surface area contributed by atoms with Crippen LogP contribution in [0.15, 0.2) is 0 Å². The molecule has 0 fully saturated rings. The van der Waals surface area contributed by atoms with Gasteiger partial charge in [0.05, 0.1) is 0 Å². The Morgan fingerprint density at radius 2 is 1.00 bits per heavy atom. The fraction of sp³-hybridized carbons (Fsp3) is 1.00. The largest absolute Gasteiger partial charge is 0.420 e. The van der Waals surface area contributed by atoms with Crippen molar-refractivity contribution in [3.05, 3.63) is 0 Å². The second-order valence-corrected chi connectivity index (χ2v) is 12.2. The third kappa shape index (κ3) is 11.7. The third-order valence-electron chi connectivity index (χ3n) is 6.11. The van der Waals surface area contributed by atoms with Crippen LogP contribution < -0.4 is 0 Å². The fourth-order valence-electron chi connectivity index (χ4n) is 3.55. The number of rotatable bonds is 18. The minimum Gasteiger partial charge on any atom is -0.420 e. The molecule has 0 aromatic carbocycles. The lowest BCUT2D eigenvalue weighted by atomic mass is 10.2. The van der Waals surface area contributed by atoms with E-state index < -0.39 is 8.32 Å². The van der Waals surface area contributed by atoms with Crippen molar-refractivity contribution < 1.29 is 4.43 Å². The molecule has 5 heteroatoms. The smallest absolute Gasteiger partial charge is 0.189 e. The molecular weight excluding hydrogens is 338 g/mol. The lowest BCUT2D eigenvalue weighted by Gasteiger charge is -2.28. The van der Waals surface area contributed by atoms with Crippen LogP contribution in [0.5, 0.6) is 0 Å². The van der Waals surface area contributed by atoms with E-state index in [4.69, 9.17) is 4.43 Å². The molecule has 0 radical (unpaired) electrons. The van der Waals surface area contributed by atoms with Gasteiger partial charge in [-0.25, -0.2) is 0 Å². The Morgan fingerprint density at radius 3 is 1.35 bits per heavy atom. The quantitative estimate of drug-likeness (QED) is 0.325. The highest BCUT2D eigenvalue weighted by Gasteiger charge is 2.24. The Kier molecular flexibility index (Phi) is 16.1. The van der Waals surface area contributed by atoms with Crippen molar-refractivity contribution in [1.82, 2.24) is 14.7 Å². The number of hydrogen-bond donors (Lipinski definition) is 0. The molecule has 0 bridgehead atoms. The molecule has 0 aliphatic rings. The lowest BCUT2D eigenvalue weighted by molar-refractivity contribution is 0.217. The Morgan fingerprint density at radius 1 is 0.615 bits per heavy atom. The maximum atomic E-state index is 5.86. The van der Waals surface area contributed by atoms with Gasteiger partial charge in [0, 0.05) is 7.11 Å². The van der Waals surface area contributed by atoms with Crippen LogP contribution in [0.4, 0.5) is 0 Å². The molecule has 26 heavy (non-hydrogen) atoms. The second-order valence-electron chi connectivity index (χ2n) is 7.71. The molecule has 158 valence electrons. The molecule has 0 heterocycles. The Balaban J connectivity index is 4.38. The maximum Gasteiger partial charge on any atom is 0.189 e. The second kappa shape index (κ2) is 16.1. The average molecular weight is 388 g/mol. The highest BCUT2D eigenvalue weighted by atomic mass is 28.4. The van der Waals surface area contributed by atoms with Gasteiger partial charge in [0.1, 0.15) is 0 Å². The van der Waals surface area contributed by atoms with Crippen molar-refractivity contribution in [2.75, 3.05) is 66.0 Å². The molecule has 0 aliphatic carbocycles. The zero-order valence-corrected chi connectivity index (χ0v) is 20.1. The minimum absolute atomic E-state index is 1.17. The van der Waals surface area contributed by atoms with Crippen LogP contribution in [0.1, 0.15) is 53.9 Å². The predicted octanol–water partition coefficient (Wildman–Crippen LogP) is 4.38. The van der Waals surface area contributed by atoms with E-state index in [0.717, 1.165) is 0 Å². The summed E-state index contributed by atoms with van der Waals surface area (Å²) < 4.78 is 5.86. The summed E-state index contributed by atoms with van der Waals surface area (Å²) >= 11 is 0. The van der Waals surface area contributed by atoms with Crippen LogP contribution in [-0.2, 0) is 4.43 Å². The van der Waals surface area contributed by atoms with Gasteiger partial charge < -0.3 is 19.1 Å². The summed E-state index contributed by atoms with van der Waals surface area (Å²) in [6.07, 6.45) is 3.88. The van der Waals surface area contributed by atoms with E-state index in [0.29, 0.717) is 0 Å². The molecule has 0 aromatic heterocycles. The summed E-state index contributed by atoms with van der Waals surface area (Å²) in [6, 6.07) is 2.52. The predicted molar refractivity (Wildman–Crippen MR) is 120 cm³/mol. The normalized spacial score (nSPS) is 14.5. The first-order valence-electron chi connectivity index (χ1n) is 11.2. The molecular formula is C21H49N3OSi. The zero-order valence-electron chi connectivity index (χ0n) is 19.1. The van der Waals surface area contributed by atoms with Crippen molar-refractivity contribution in [2.45, 2.75) is 72.5 Å². The average Bonchev–Trinajstić information content (AvgIpc) is 2.67. The van der Waals surface area contributed by atoms with Gasteiger partial charge in [-0.05, 0) is 96.8 Å². The van der Waals surface area contributed by atoms with Gasteiger partial charge in [0.25, 0.3) is 0 Å². The van der Waals surface area contributed by atoms with Gasteiger partial charge in [-0.2, -0.15) is 0 Å². The molecule has 0 aromatic rings. The van der Waals surface area contributed by atoms with Crippen LogP contribution in [0.3, 0.4) is 0 Å². The first kappa shape index (κ1) is 26.1. The molecule has 0 rings (SSSR count). The van der Waals surface area contributed by atoms with E-state index in [-0.39, 0.29) is 0 Å². The van der Waals surface area contributed by atoms with Gasteiger partial charge in [0.2, 0.25) is 0 Å². The Bertz CT molecular complexity index is 288. The highest BCUT2D eigenvalue weighted by Crippen LogP contribution is 2.18. The van der Waals surface area contributed by atoms with Crippen molar-refractivity contribution >= 4 is 8.32 Å². The molecule has 0 saturated heterocycles. The minimum atomic E-state index is -1.43. The van der Waals surface area contributed by atoms with E-state index in [1.54, 1.807) is 0 Å². The molecule has 0 amide bonds. The summed E-state index contributed by atoms with van der Waals surface area (Å²) in [5.74, 6) is 0.